The highest BCUT2D eigenvalue weighted by Crippen LogP contribution is 1.99. The van der Waals surface area contributed by atoms with Crippen LogP contribution in [0.4, 0.5) is 0 Å². The minimum atomic E-state index is 0.612. The molecule has 0 rings (SSSR count). The molecule has 2 N–H and O–H groups in total. The molecule has 0 saturated carbocycles. The van der Waals surface area contributed by atoms with Crippen molar-refractivity contribution in [1.82, 2.24) is 10.6 Å². The Morgan fingerprint density at radius 1 is 1.08 bits per heavy atom. The third-order valence-electron chi connectivity index (χ3n) is 2.08. The average Bonchev–Trinajstić information content (AvgIpc) is 2.05. The second-order valence-corrected chi connectivity index (χ2v) is 3.64. The Labute approximate surface area is 77.1 Å². The van der Waals surface area contributed by atoms with Crippen LogP contribution in [0, 0.1) is 5.92 Å². The van der Waals surface area contributed by atoms with Crippen LogP contribution in [-0.2, 0) is 0 Å². The highest BCUT2D eigenvalue weighted by molar-refractivity contribution is 4.64. The number of hydrogen-bond acceptors (Lipinski definition) is 2. The van der Waals surface area contributed by atoms with Gasteiger partial charge in [-0.15, -0.1) is 0 Å². The molecule has 0 aliphatic carbocycles. The van der Waals surface area contributed by atoms with Crippen LogP contribution in [0.2, 0.25) is 0 Å². The molecular weight excluding hydrogens is 148 g/mol. The van der Waals surface area contributed by atoms with Gasteiger partial charge in [-0.1, -0.05) is 34.1 Å². The van der Waals surface area contributed by atoms with E-state index in [0.717, 1.165) is 25.6 Å². The first-order valence-corrected chi connectivity index (χ1v) is 5.14. The van der Waals surface area contributed by atoms with Gasteiger partial charge in [0.25, 0.3) is 0 Å². The van der Waals surface area contributed by atoms with E-state index in [-0.39, 0.29) is 0 Å². The zero-order chi connectivity index (χ0) is 9.40. The monoisotopic (exact) mass is 172 g/mol. The van der Waals surface area contributed by atoms with Gasteiger partial charge in [0.15, 0.2) is 0 Å². The first kappa shape index (κ1) is 11.9. The van der Waals surface area contributed by atoms with Crippen LogP contribution >= 0.6 is 0 Å². The molecule has 0 saturated heterocycles. The SMILES string of the molecule is CCNCC(CC)CNC(C)C. The summed E-state index contributed by atoms with van der Waals surface area (Å²) in [6.07, 6.45) is 1.26. The van der Waals surface area contributed by atoms with Crippen molar-refractivity contribution in [3.63, 3.8) is 0 Å². The van der Waals surface area contributed by atoms with E-state index in [1.54, 1.807) is 0 Å². The van der Waals surface area contributed by atoms with E-state index in [0.29, 0.717) is 6.04 Å². The Hall–Kier alpha value is -0.0800. The predicted octanol–water partition coefficient (Wildman–Crippen LogP) is 1.62. The largest absolute Gasteiger partial charge is 0.317 e. The molecule has 0 spiro atoms. The maximum Gasteiger partial charge on any atom is 0.00105 e. The van der Waals surface area contributed by atoms with Gasteiger partial charge >= 0.3 is 0 Å². The van der Waals surface area contributed by atoms with Crippen molar-refractivity contribution in [2.75, 3.05) is 19.6 Å². The summed E-state index contributed by atoms with van der Waals surface area (Å²) >= 11 is 0. The van der Waals surface area contributed by atoms with E-state index in [2.05, 4.69) is 38.3 Å². The lowest BCUT2D eigenvalue weighted by Crippen LogP contribution is -2.34. The maximum atomic E-state index is 3.47. The van der Waals surface area contributed by atoms with Crippen molar-refractivity contribution in [3.05, 3.63) is 0 Å². The summed E-state index contributed by atoms with van der Waals surface area (Å²) in [5, 5.41) is 6.85. The third-order valence-corrected chi connectivity index (χ3v) is 2.08. The molecule has 0 amide bonds. The van der Waals surface area contributed by atoms with E-state index >= 15 is 0 Å². The maximum absolute atomic E-state index is 3.47. The molecule has 0 aromatic rings. The zero-order valence-corrected chi connectivity index (χ0v) is 8.98. The average molecular weight is 172 g/mol. The molecule has 0 radical (unpaired) electrons. The van der Waals surface area contributed by atoms with Gasteiger partial charge in [-0.25, -0.2) is 0 Å². The van der Waals surface area contributed by atoms with Crippen molar-refractivity contribution in [1.29, 1.82) is 0 Å². The van der Waals surface area contributed by atoms with Gasteiger partial charge in [-0.3, -0.25) is 0 Å². The lowest BCUT2D eigenvalue weighted by Gasteiger charge is -2.17. The molecule has 0 aromatic carbocycles. The Kier molecular flexibility index (Phi) is 7.51. The standard InChI is InChI=1S/C10H24N2/c1-5-10(7-11-6-2)8-12-9(3)4/h9-12H,5-8H2,1-4H3. The summed E-state index contributed by atoms with van der Waals surface area (Å²) in [4.78, 5) is 0. The molecule has 2 heteroatoms. The predicted molar refractivity (Wildman–Crippen MR) is 55.5 cm³/mol. The minimum absolute atomic E-state index is 0.612. The molecule has 0 aliphatic rings. The van der Waals surface area contributed by atoms with Crippen molar-refractivity contribution in [2.45, 2.75) is 40.2 Å². The Morgan fingerprint density at radius 3 is 2.17 bits per heavy atom. The van der Waals surface area contributed by atoms with E-state index in [9.17, 15) is 0 Å². The molecule has 0 bridgehead atoms. The van der Waals surface area contributed by atoms with Crippen molar-refractivity contribution in [2.24, 2.45) is 5.92 Å². The first-order chi connectivity index (χ1) is 5.70. The van der Waals surface area contributed by atoms with Crippen molar-refractivity contribution < 1.29 is 0 Å². The van der Waals surface area contributed by atoms with Crippen LogP contribution in [0.1, 0.15) is 34.1 Å². The van der Waals surface area contributed by atoms with Crippen LogP contribution < -0.4 is 10.6 Å². The second-order valence-electron chi connectivity index (χ2n) is 3.64. The van der Waals surface area contributed by atoms with Crippen molar-refractivity contribution >= 4 is 0 Å². The minimum Gasteiger partial charge on any atom is -0.317 e. The molecule has 0 aromatic heterocycles. The number of rotatable bonds is 7. The van der Waals surface area contributed by atoms with Crippen LogP contribution in [0.5, 0.6) is 0 Å². The smallest absolute Gasteiger partial charge is 0.00105 e. The summed E-state index contributed by atoms with van der Waals surface area (Å²) in [7, 11) is 0. The Balaban J connectivity index is 3.39. The number of nitrogens with one attached hydrogen (secondary N) is 2. The van der Waals surface area contributed by atoms with Gasteiger partial charge in [-0.2, -0.15) is 0 Å². The van der Waals surface area contributed by atoms with Gasteiger partial charge in [0.2, 0.25) is 0 Å². The summed E-state index contributed by atoms with van der Waals surface area (Å²) < 4.78 is 0. The highest BCUT2D eigenvalue weighted by Gasteiger charge is 2.04. The molecule has 1 atom stereocenters. The lowest BCUT2D eigenvalue weighted by atomic mass is 10.1. The molecule has 0 heterocycles. The third kappa shape index (κ3) is 6.62. The fraction of sp³-hybridized carbons (Fsp3) is 1.00. The fourth-order valence-corrected chi connectivity index (χ4v) is 1.11. The quantitative estimate of drug-likeness (QED) is 0.610. The molecular formula is C10H24N2. The van der Waals surface area contributed by atoms with Gasteiger partial charge in [0.05, 0.1) is 0 Å². The molecule has 12 heavy (non-hydrogen) atoms. The zero-order valence-electron chi connectivity index (χ0n) is 8.98. The highest BCUT2D eigenvalue weighted by atomic mass is 14.9. The van der Waals surface area contributed by atoms with Crippen LogP contribution in [0.3, 0.4) is 0 Å². The summed E-state index contributed by atoms with van der Waals surface area (Å²) in [5.41, 5.74) is 0. The van der Waals surface area contributed by atoms with E-state index in [1.807, 2.05) is 0 Å². The van der Waals surface area contributed by atoms with E-state index in [4.69, 9.17) is 0 Å². The Morgan fingerprint density at radius 2 is 1.75 bits per heavy atom. The van der Waals surface area contributed by atoms with Gasteiger partial charge < -0.3 is 10.6 Å². The van der Waals surface area contributed by atoms with Gasteiger partial charge in [-0.05, 0) is 25.6 Å². The molecule has 0 aliphatic heterocycles. The lowest BCUT2D eigenvalue weighted by molar-refractivity contribution is 0.417. The van der Waals surface area contributed by atoms with E-state index < -0.39 is 0 Å². The Bertz CT molecular complexity index is 91.8. The van der Waals surface area contributed by atoms with E-state index in [1.165, 1.54) is 6.42 Å². The normalized spacial score (nSPS) is 13.8. The molecule has 0 fully saturated rings. The topological polar surface area (TPSA) is 24.1 Å². The van der Waals surface area contributed by atoms with Crippen LogP contribution in [0.15, 0.2) is 0 Å². The first-order valence-electron chi connectivity index (χ1n) is 5.14. The van der Waals surface area contributed by atoms with Crippen molar-refractivity contribution in [3.8, 4) is 0 Å². The summed E-state index contributed by atoms with van der Waals surface area (Å²) in [6.45, 7) is 12.2. The van der Waals surface area contributed by atoms with Crippen LogP contribution in [-0.4, -0.2) is 25.7 Å². The van der Waals surface area contributed by atoms with Crippen LogP contribution in [0.25, 0.3) is 0 Å². The van der Waals surface area contributed by atoms with Gasteiger partial charge in [0, 0.05) is 6.04 Å². The summed E-state index contributed by atoms with van der Waals surface area (Å²) in [5.74, 6) is 0.785. The fourth-order valence-electron chi connectivity index (χ4n) is 1.11. The number of hydrogen-bond donors (Lipinski definition) is 2. The molecule has 74 valence electrons. The molecule has 2 nitrogen and oxygen atoms in total. The molecule has 1 unspecified atom stereocenters. The summed E-state index contributed by atoms with van der Waals surface area (Å²) in [6, 6.07) is 0.612. The second kappa shape index (κ2) is 7.56. The van der Waals surface area contributed by atoms with Gasteiger partial charge in [0.1, 0.15) is 0 Å².